The van der Waals surface area contributed by atoms with Crippen molar-refractivity contribution < 1.29 is 28.7 Å². The van der Waals surface area contributed by atoms with Gasteiger partial charge in [0.15, 0.2) is 5.75 Å². The summed E-state index contributed by atoms with van der Waals surface area (Å²) in [6.07, 6.45) is 0. The summed E-state index contributed by atoms with van der Waals surface area (Å²) in [4.78, 5) is 33.4. The molecule has 0 aliphatic heterocycles. The number of hydrogen-bond acceptors (Lipinski definition) is 7. The van der Waals surface area contributed by atoms with Gasteiger partial charge < -0.3 is 14.2 Å². The summed E-state index contributed by atoms with van der Waals surface area (Å²) in [6, 6.07) is 2.13. The summed E-state index contributed by atoms with van der Waals surface area (Å²) in [5.74, 6) is -2.22. The van der Waals surface area contributed by atoms with Crippen LogP contribution in [0.15, 0.2) is 12.1 Å². The van der Waals surface area contributed by atoms with Crippen LogP contribution >= 0.6 is 0 Å². The number of ether oxygens (including phenoxy) is 3. The molecule has 0 fully saturated rings. The first-order valence-electron chi connectivity index (χ1n) is 5.58. The minimum absolute atomic E-state index is 0.0191. The Morgan fingerprint density at radius 1 is 1.25 bits per heavy atom. The summed E-state index contributed by atoms with van der Waals surface area (Å²) in [5, 5.41) is 11.0. The molecule has 0 bridgehead atoms. The van der Waals surface area contributed by atoms with Crippen molar-refractivity contribution in [2.24, 2.45) is 0 Å². The van der Waals surface area contributed by atoms with E-state index in [9.17, 15) is 19.7 Å². The number of methoxy groups -OCH3 is 2. The van der Waals surface area contributed by atoms with Crippen molar-refractivity contribution in [1.82, 2.24) is 0 Å². The van der Waals surface area contributed by atoms with Gasteiger partial charge in [-0.05, 0) is 13.0 Å². The number of nitro benzene ring substituents is 1. The number of carbonyl (C=O) groups is 2. The van der Waals surface area contributed by atoms with E-state index in [0.717, 1.165) is 6.07 Å². The predicted molar refractivity (Wildman–Crippen MR) is 67.2 cm³/mol. The maximum Gasteiger partial charge on any atom is 0.379 e. The van der Waals surface area contributed by atoms with E-state index in [1.165, 1.54) is 20.3 Å². The Bertz CT molecular complexity index is 553. The molecule has 1 aromatic carbocycles. The fourth-order valence-corrected chi connectivity index (χ4v) is 1.53. The lowest BCUT2D eigenvalue weighted by molar-refractivity contribution is -0.385. The molecule has 8 nitrogen and oxygen atoms in total. The molecule has 0 heterocycles. The van der Waals surface area contributed by atoms with Crippen molar-refractivity contribution in [2.75, 3.05) is 20.8 Å². The van der Waals surface area contributed by atoms with Crippen LogP contribution in [0, 0.1) is 10.1 Å². The van der Waals surface area contributed by atoms with Crippen LogP contribution in [0.4, 0.5) is 5.69 Å². The van der Waals surface area contributed by atoms with Gasteiger partial charge in [-0.3, -0.25) is 14.9 Å². The molecule has 0 unspecified atom stereocenters. The van der Waals surface area contributed by atoms with E-state index in [1.54, 1.807) is 6.92 Å². The molecular weight excluding hydrogens is 270 g/mol. The number of carbonyl (C=O) groups excluding carboxylic acids is 2. The summed E-state index contributed by atoms with van der Waals surface area (Å²) in [6.45, 7) is 1.57. The third-order valence-corrected chi connectivity index (χ3v) is 2.38. The first-order valence-corrected chi connectivity index (χ1v) is 5.58. The van der Waals surface area contributed by atoms with Crippen LogP contribution in [0.3, 0.4) is 0 Å². The molecule has 0 saturated carbocycles. The largest absolute Gasteiger partial charge is 0.493 e. The number of benzene rings is 1. The van der Waals surface area contributed by atoms with E-state index >= 15 is 0 Å². The van der Waals surface area contributed by atoms with Crippen LogP contribution in [0.2, 0.25) is 0 Å². The van der Waals surface area contributed by atoms with E-state index in [0.29, 0.717) is 0 Å². The van der Waals surface area contributed by atoms with Crippen LogP contribution in [0.5, 0.6) is 11.5 Å². The van der Waals surface area contributed by atoms with E-state index in [2.05, 4.69) is 4.74 Å². The van der Waals surface area contributed by atoms with E-state index in [1.807, 2.05) is 0 Å². The second kappa shape index (κ2) is 6.50. The average molecular weight is 283 g/mol. The molecule has 0 aliphatic rings. The van der Waals surface area contributed by atoms with Gasteiger partial charge in [-0.25, -0.2) is 4.79 Å². The lowest BCUT2D eigenvalue weighted by Crippen LogP contribution is -2.18. The maximum atomic E-state index is 11.8. The van der Waals surface area contributed by atoms with Gasteiger partial charge >= 0.3 is 11.7 Å². The van der Waals surface area contributed by atoms with Crippen LogP contribution in [0.1, 0.15) is 17.3 Å². The first-order chi connectivity index (χ1) is 9.46. The van der Waals surface area contributed by atoms with Crippen LogP contribution < -0.4 is 9.47 Å². The van der Waals surface area contributed by atoms with E-state index in [-0.39, 0.29) is 23.7 Å². The van der Waals surface area contributed by atoms with Crippen molar-refractivity contribution in [3.05, 3.63) is 27.8 Å². The van der Waals surface area contributed by atoms with Crippen molar-refractivity contribution in [2.45, 2.75) is 6.92 Å². The fourth-order valence-electron chi connectivity index (χ4n) is 1.53. The van der Waals surface area contributed by atoms with Gasteiger partial charge in [-0.15, -0.1) is 0 Å². The van der Waals surface area contributed by atoms with E-state index in [4.69, 9.17) is 9.47 Å². The fraction of sp³-hybridized carbons (Fsp3) is 0.333. The van der Waals surface area contributed by atoms with Crippen LogP contribution in [-0.4, -0.2) is 37.5 Å². The number of ketones is 1. The van der Waals surface area contributed by atoms with Gasteiger partial charge in [-0.1, -0.05) is 0 Å². The summed E-state index contributed by atoms with van der Waals surface area (Å²) < 4.78 is 14.4. The van der Waals surface area contributed by atoms with Crippen molar-refractivity contribution in [3.8, 4) is 11.5 Å². The van der Waals surface area contributed by atoms with Gasteiger partial charge in [0.2, 0.25) is 5.75 Å². The first kappa shape index (κ1) is 15.4. The van der Waals surface area contributed by atoms with Gasteiger partial charge in [0, 0.05) is 11.6 Å². The van der Waals surface area contributed by atoms with Gasteiger partial charge in [0.1, 0.15) is 0 Å². The molecule has 0 N–H and O–H groups in total. The summed E-state index contributed by atoms with van der Waals surface area (Å²) in [7, 11) is 2.50. The highest BCUT2D eigenvalue weighted by Gasteiger charge is 2.26. The molecule has 0 spiro atoms. The van der Waals surface area contributed by atoms with Crippen molar-refractivity contribution >= 4 is 17.4 Å². The molecular formula is C12H13NO7. The molecule has 0 amide bonds. The molecule has 8 heteroatoms. The van der Waals surface area contributed by atoms with Gasteiger partial charge in [-0.2, -0.15) is 0 Å². The Balaban J connectivity index is 3.36. The van der Waals surface area contributed by atoms with Crippen molar-refractivity contribution in [1.29, 1.82) is 0 Å². The highest BCUT2D eigenvalue weighted by Crippen LogP contribution is 2.38. The minimum Gasteiger partial charge on any atom is -0.493 e. The number of rotatable bonds is 6. The predicted octanol–water partition coefficient (Wildman–Crippen LogP) is 1.36. The van der Waals surface area contributed by atoms with Gasteiger partial charge in [0.25, 0.3) is 5.78 Å². The highest BCUT2D eigenvalue weighted by atomic mass is 16.6. The topological polar surface area (TPSA) is 105 Å². The molecule has 1 rings (SSSR count). The third kappa shape index (κ3) is 3.02. The number of hydrogen-bond donors (Lipinski definition) is 0. The zero-order valence-corrected chi connectivity index (χ0v) is 11.2. The third-order valence-electron chi connectivity index (χ3n) is 2.38. The number of Topliss-reactive ketones (excluding diaryl/α,β-unsaturated/α-hetero) is 1. The smallest absolute Gasteiger partial charge is 0.379 e. The Morgan fingerprint density at radius 3 is 2.35 bits per heavy atom. The average Bonchev–Trinajstić information content (AvgIpc) is 2.44. The molecule has 20 heavy (non-hydrogen) atoms. The SMILES string of the molecule is CCOC(=O)C(=O)c1cc(OC)c(OC)c([N+](=O)[O-])c1. The van der Waals surface area contributed by atoms with Crippen molar-refractivity contribution in [3.63, 3.8) is 0 Å². The maximum absolute atomic E-state index is 11.8. The van der Waals surface area contributed by atoms with E-state index < -0.39 is 22.4 Å². The quantitative estimate of drug-likeness (QED) is 0.255. The molecule has 0 aromatic heterocycles. The zero-order valence-electron chi connectivity index (χ0n) is 11.2. The standard InChI is InChI=1S/C12H13NO7/c1-4-20-12(15)10(14)7-5-8(13(16)17)11(19-3)9(6-7)18-2/h5-6H,4H2,1-3H3. The Hall–Kier alpha value is -2.64. The number of nitro groups is 1. The second-order valence-corrected chi connectivity index (χ2v) is 3.54. The molecule has 0 aliphatic carbocycles. The summed E-state index contributed by atoms with van der Waals surface area (Å²) in [5.41, 5.74) is -0.674. The normalized spacial score (nSPS) is 9.75. The summed E-state index contributed by atoms with van der Waals surface area (Å²) >= 11 is 0. The Kier molecular flexibility index (Phi) is 5.01. The molecule has 1 aromatic rings. The Labute approximate surface area is 114 Å². The molecule has 0 atom stereocenters. The lowest BCUT2D eigenvalue weighted by Gasteiger charge is -2.09. The second-order valence-electron chi connectivity index (χ2n) is 3.54. The van der Waals surface area contributed by atoms with Crippen LogP contribution in [0.25, 0.3) is 0 Å². The minimum atomic E-state index is -1.09. The van der Waals surface area contributed by atoms with Gasteiger partial charge in [0.05, 0.1) is 25.7 Å². The number of nitrogens with zero attached hydrogens (tertiary/aromatic N) is 1. The molecule has 108 valence electrons. The monoisotopic (exact) mass is 283 g/mol. The highest BCUT2D eigenvalue weighted by molar-refractivity contribution is 6.40. The lowest BCUT2D eigenvalue weighted by atomic mass is 10.1. The number of esters is 1. The zero-order chi connectivity index (χ0) is 15.3. The van der Waals surface area contributed by atoms with Crippen LogP contribution in [-0.2, 0) is 9.53 Å². The molecule has 0 saturated heterocycles. The molecule has 0 radical (unpaired) electrons. The Morgan fingerprint density at radius 2 is 1.90 bits per heavy atom.